The highest BCUT2D eigenvalue weighted by atomic mass is 35.5. The Balaban J connectivity index is 1.54. The molecule has 6 heteroatoms. The second-order valence-electron chi connectivity index (χ2n) is 7.01. The zero-order valence-electron chi connectivity index (χ0n) is 15.6. The first-order chi connectivity index (χ1) is 12.9. The van der Waals surface area contributed by atoms with Crippen LogP contribution in [0.4, 0.5) is 11.4 Å². The third-order valence-electron chi connectivity index (χ3n) is 4.88. The molecule has 2 aromatic rings. The number of piperidine rings is 1. The predicted molar refractivity (Wildman–Crippen MR) is 109 cm³/mol. The maximum absolute atomic E-state index is 12.6. The smallest absolute Gasteiger partial charge is 0.253 e. The SMILES string of the molecule is CN(C)c1ccc(NC(=O)C2CCN(C(=O)c3cccc(Cl)c3)CC2)cc1. The zero-order valence-corrected chi connectivity index (χ0v) is 16.4. The Bertz CT molecular complexity index is 812. The van der Waals surface area contributed by atoms with Crippen molar-refractivity contribution in [3.8, 4) is 0 Å². The molecule has 0 radical (unpaired) electrons. The van der Waals surface area contributed by atoms with Crippen LogP contribution in [0.2, 0.25) is 5.02 Å². The van der Waals surface area contributed by atoms with Crippen molar-refractivity contribution in [2.45, 2.75) is 12.8 Å². The molecule has 0 spiro atoms. The molecule has 142 valence electrons. The standard InChI is InChI=1S/C21H24ClN3O2/c1-24(2)19-8-6-18(7-9-19)23-20(26)15-10-12-25(13-11-15)21(27)16-4-3-5-17(22)14-16/h3-9,14-15H,10-13H2,1-2H3,(H,23,26). The predicted octanol–water partition coefficient (Wildman–Crippen LogP) is 3.90. The maximum atomic E-state index is 12.6. The van der Waals surface area contributed by atoms with Crippen molar-refractivity contribution >= 4 is 34.8 Å². The van der Waals surface area contributed by atoms with Crippen molar-refractivity contribution < 1.29 is 9.59 Å². The number of nitrogens with one attached hydrogen (secondary N) is 1. The number of likely N-dealkylation sites (tertiary alicyclic amines) is 1. The number of halogens is 1. The fourth-order valence-electron chi connectivity index (χ4n) is 3.24. The Labute approximate surface area is 164 Å². The average Bonchev–Trinajstić information content (AvgIpc) is 2.68. The van der Waals surface area contributed by atoms with Crippen LogP contribution in [0.25, 0.3) is 0 Å². The van der Waals surface area contributed by atoms with Crippen LogP contribution in [0.1, 0.15) is 23.2 Å². The zero-order chi connectivity index (χ0) is 19.4. The third kappa shape index (κ3) is 4.80. The van der Waals surface area contributed by atoms with E-state index in [1.54, 1.807) is 29.2 Å². The topological polar surface area (TPSA) is 52.7 Å². The van der Waals surface area contributed by atoms with Gasteiger partial charge >= 0.3 is 0 Å². The first kappa shape index (κ1) is 19.2. The summed E-state index contributed by atoms with van der Waals surface area (Å²) in [7, 11) is 3.96. The van der Waals surface area contributed by atoms with E-state index in [0.717, 1.165) is 11.4 Å². The van der Waals surface area contributed by atoms with Gasteiger partial charge in [-0.3, -0.25) is 9.59 Å². The summed E-state index contributed by atoms with van der Waals surface area (Å²) in [6.45, 7) is 1.14. The van der Waals surface area contributed by atoms with Crippen LogP contribution >= 0.6 is 11.6 Å². The molecule has 0 aliphatic carbocycles. The van der Waals surface area contributed by atoms with Gasteiger partial charge in [0.2, 0.25) is 5.91 Å². The van der Waals surface area contributed by atoms with Crippen LogP contribution in [0.15, 0.2) is 48.5 Å². The number of amides is 2. The van der Waals surface area contributed by atoms with E-state index in [1.165, 1.54) is 0 Å². The number of rotatable bonds is 4. The first-order valence-corrected chi connectivity index (χ1v) is 9.45. The van der Waals surface area contributed by atoms with Gasteiger partial charge in [0.15, 0.2) is 0 Å². The fourth-order valence-corrected chi connectivity index (χ4v) is 3.43. The van der Waals surface area contributed by atoms with Gasteiger partial charge in [0.25, 0.3) is 5.91 Å². The molecule has 2 amide bonds. The lowest BCUT2D eigenvalue weighted by Gasteiger charge is -2.31. The second-order valence-corrected chi connectivity index (χ2v) is 7.44. The fraction of sp³-hybridized carbons (Fsp3) is 0.333. The molecule has 0 saturated carbocycles. The maximum Gasteiger partial charge on any atom is 0.253 e. The molecule has 0 bridgehead atoms. The monoisotopic (exact) mass is 385 g/mol. The number of benzene rings is 2. The molecule has 0 aromatic heterocycles. The molecular weight excluding hydrogens is 362 g/mol. The summed E-state index contributed by atoms with van der Waals surface area (Å²) in [4.78, 5) is 28.9. The summed E-state index contributed by atoms with van der Waals surface area (Å²) < 4.78 is 0. The van der Waals surface area contributed by atoms with Gasteiger partial charge in [-0.25, -0.2) is 0 Å². The normalized spacial score (nSPS) is 14.7. The average molecular weight is 386 g/mol. The van der Waals surface area contributed by atoms with E-state index in [2.05, 4.69) is 5.32 Å². The van der Waals surface area contributed by atoms with E-state index < -0.39 is 0 Å². The van der Waals surface area contributed by atoms with Gasteiger partial charge in [-0.2, -0.15) is 0 Å². The van der Waals surface area contributed by atoms with E-state index in [4.69, 9.17) is 11.6 Å². The minimum absolute atomic E-state index is 0.0162. The molecule has 3 rings (SSSR count). The summed E-state index contributed by atoms with van der Waals surface area (Å²) in [6, 6.07) is 14.7. The number of anilines is 2. The molecule has 1 aliphatic rings. The van der Waals surface area contributed by atoms with E-state index in [0.29, 0.717) is 36.5 Å². The minimum atomic E-state index is -0.0815. The Morgan fingerprint density at radius 2 is 1.74 bits per heavy atom. The Kier molecular flexibility index (Phi) is 6.01. The number of hydrogen-bond donors (Lipinski definition) is 1. The van der Waals surface area contributed by atoms with Crippen LogP contribution in [0, 0.1) is 5.92 Å². The number of carbonyl (C=O) groups is 2. The highest BCUT2D eigenvalue weighted by Gasteiger charge is 2.28. The van der Waals surface area contributed by atoms with Crippen molar-refractivity contribution in [2.24, 2.45) is 5.92 Å². The quantitative estimate of drug-likeness (QED) is 0.868. The van der Waals surface area contributed by atoms with Gasteiger partial charge in [0, 0.05) is 55.1 Å². The molecule has 0 unspecified atom stereocenters. The van der Waals surface area contributed by atoms with Gasteiger partial charge in [0.05, 0.1) is 0 Å². The summed E-state index contributed by atoms with van der Waals surface area (Å²) in [5.41, 5.74) is 2.47. The lowest BCUT2D eigenvalue weighted by molar-refractivity contribution is -0.121. The highest BCUT2D eigenvalue weighted by molar-refractivity contribution is 6.30. The Hall–Kier alpha value is -2.53. The first-order valence-electron chi connectivity index (χ1n) is 9.07. The minimum Gasteiger partial charge on any atom is -0.378 e. The Morgan fingerprint density at radius 3 is 2.33 bits per heavy atom. The van der Waals surface area contributed by atoms with Crippen molar-refractivity contribution in [2.75, 3.05) is 37.4 Å². The van der Waals surface area contributed by atoms with E-state index in [1.807, 2.05) is 43.3 Å². The molecular formula is C21H24ClN3O2. The summed E-state index contributed by atoms with van der Waals surface area (Å²) in [6.07, 6.45) is 1.32. The van der Waals surface area contributed by atoms with Crippen molar-refractivity contribution in [3.63, 3.8) is 0 Å². The third-order valence-corrected chi connectivity index (χ3v) is 5.11. The molecule has 2 aromatic carbocycles. The molecule has 1 saturated heterocycles. The van der Waals surface area contributed by atoms with Crippen molar-refractivity contribution in [1.82, 2.24) is 4.90 Å². The van der Waals surface area contributed by atoms with Crippen LogP contribution in [-0.2, 0) is 4.79 Å². The Morgan fingerprint density at radius 1 is 1.07 bits per heavy atom. The van der Waals surface area contributed by atoms with E-state index >= 15 is 0 Å². The van der Waals surface area contributed by atoms with Gasteiger partial charge in [0.1, 0.15) is 0 Å². The van der Waals surface area contributed by atoms with Crippen molar-refractivity contribution in [3.05, 3.63) is 59.1 Å². The molecule has 1 heterocycles. The summed E-state index contributed by atoms with van der Waals surface area (Å²) in [5, 5.41) is 3.53. The largest absolute Gasteiger partial charge is 0.378 e. The second kappa shape index (κ2) is 8.44. The van der Waals surface area contributed by atoms with Gasteiger partial charge in [-0.05, 0) is 55.3 Å². The van der Waals surface area contributed by atoms with E-state index in [-0.39, 0.29) is 17.7 Å². The molecule has 1 fully saturated rings. The number of hydrogen-bond acceptors (Lipinski definition) is 3. The summed E-state index contributed by atoms with van der Waals surface area (Å²) >= 11 is 5.97. The van der Waals surface area contributed by atoms with Crippen LogP contribution in [0.3, 0.4) is 0 Å². The molecule has 5 nitrogen and oxygen atoms in total. The molecule has 27 heavy (non-hydrogen) atoms. The molecule has 1 N–H and O–H groups in total. The van der Waals surface area contributed by atoms with Crippen molar-refractivity contribution in [1.29, 1.82) is 0 Å². The highest BCUT2D eigenvalue weighted by Crippen LogP contribution is 2.23. The van der Waals surface area contributed by atoms with Crippen LogP contribution < -0.4 is 10.2 Å². The van der Waals surface area contributed by atoms with Gasteiger partial charge in [-0.15, -0.1) is 0 Å². The lowest BCUT2D eigenvalue weighted by Crippen LogP contribution is -2.41. The van der Waals surface area contributed by atoms with Crippen LogP contribution in [0.5, 0.6) is 0 Å². The van der Waals surface area contributed by atoms with Crippen LogP contribution in [-0.4, -0.2) is 43.9 Å². The molecule has 1 aliphatic heterocycles. The molecule has 0 atom stereocenters. The number of carbonyl (C=O) groups excluding carboxylic acids is 2. The lowest BCUT2D eigenvalue weighted by atomic mass is 9.95. The van der Waals surface area contributed by atoms with Gasteiger partial charge in [-0.1, -0.05) is 17.7 Å². The van der Waals surface area contributed by atoms with Gasteiger partial charge < -0.3 is 15.1 Å². The number of nitrogens with zero attached hydrogens (tertiary/aromatic N) is 2. The summed E-state index contributed by atoms with van der Waals surface area (Å²) in [5.74, 6) is -0.0972. The van der Waals surface area contributed by atoms with E-state index in [9.17, 15) is 9.59 Å².